The monoisotopic (exact) mass is 490 g/mol. The summed E-state index contributed by atoms with van der Waals surface area (Å²) in [4.78, 5) is 34.3. The number of rotatable bonds is 8. The molecule has 5 rings (SSSR count). The van der Waals surface area contributed by atoms with Gasteiger partial charge in [0.1, 0.15) is 5.82 Å². The van der Waals surface area contributed by atoms with Crippen LogP contribution in [-0.2, 0) is 19.4 Å². The third-order valence-corrected chi connectivity index (χ3v) is 7.69. The highest BCUT2D eigenvalue weighted by atomic mass is 32.1. The van der Waals surface area contributed by atoms with E-state index >= 15 is 0 Å². The lowest BCUT2D eigenvalue weighted by Gasteiger charge is -2.26. The van der Waals surface area contributed by atoms with Crippen molar-refractivity contribution in [3.8, 4) is 11.3 Å². The van der Waals surface area contributed by atoms with Crippen molar-refractivity contribution in [1.29, 1.82) is 0 Å². The van der Waals surface area contributed by atoms with Gasteiger partial charge < -0.3 is 10.2 Å². The maximum atomic E-state index is 13.2. The Bertz CT molecular complexity index is 1270. The van der Waals surface area contributed by atoms with Crippen molar-refractivity contribution in [2.24, 2.45) is 0 Å². The topological polar surface area (TPSA) is 83.9 Å². The van der Waals surface area contributed by atoms with Crippen LogP contribution >= 0.6 is 22.7 Å². The fourth-order valence-corrected chi connectivity index (χ4v) is 5.92. The Balaban J connectivity index is 1.13. The summed E-state index contributed by atoms with van der Waals surface area (Å²) in [5.74, 6) is 0.685. The first-order chi connectivity index (χ1) is 16.7. The predicted molar refractivity (Wildman–Crippen MR) is 136 cm³/mol. The molecule has 174 valence electrons. The van der Waals surface area contributed by atoms with E-state index in [4.69, 9.17) is 4.98 Å². The number of nitrogens with one attached hydrogen (secondary N) is 1. The Labute approximate surface area is 207 Å². The molecule has 1 aliphatic rings. The number of amides is 1. The van der Waals surface area contributed by atoms with Crippen molar-refractivity contribution < 1.29 is 4.79 Å². The number of thiazole rings is 2. The van der Waals surface area contributed by atoms with Gasteiger partial charge in [0, 0.05) is 53.9 Å². The van der Waals surface area contributed by atoms with E-state index < -0.39 is 0 Å². The molecule has 0 fully saturated rings. The van der Waals surface area contributed by atoms with E-state index in [0.717, 1.165) is 59.2 Å². The number of fused-ring (bicyclic) bond motifs is 1. The molecule has 9 heteroatoms. The highest BCUT2D eigenvalue weighted by molar-refractivity contribution is 7.11. The van der Waals surface area contributed by atoms with Gasteiger partial charge in [0.15, 0.2) is 0 Å². The van der Waals surface area contributed by atoms with Gasteiger partial charge in [-0.2, -0.15) is 0 Å². The first-order valence-electron chi connectivity index (χ1n) is 11.5. The molecule has 7 nitrogen and oxygen atoms in total. The molecule has 0 atom stereocenters. The number of hydrogen-bond acceptors (Lipinski definition) is 8. The maximum Gasteiger partial charge on any atom is 0.257 e. The van der Waals surface area contributed by atoms with E-state index in [9.17, 15) is 4.79 Å². The molecule has 0 unspecified atom stereocenters. The van der Waals surface area contributed by atoms with Gasteiger partial charge in [0.2, 0.25) is 0 Å². The lowest BCUT2D eigenvalue weighted by molar-refractivity contribution is 0.0737. The molecule has 1 N–H and O–H groups in total. The second-order valence-electron chi connectivity index (χ2n) is 8.23. The summed E-state index contributed by atoms with van der Waals surface area (Å²) in [7, 11) is 0. The summed E-state index contributed by atoms with van der Waals surface area (Å²) in [5, 5.41) is 7.67. The molecule has 0 bridgehead atoms. The van der Waals surface area contributed by atoms with Crippen molar-refractivity contribution in [2.75, 3.05) is 18.4 Å². The molecule has 0 radical (unpaired) electrons. The molecule has 4 aromatic heterocycles. The van der Waals surface area contributed by atoms with Crippen LogP contribution < -0.4 is 5.32 Å². The Hall–Kier alpha value is -3.17. The standard InChI is InChI=1S/C25H26N6OS2/c1-17-29-20-9-13-31(15-22(20)34-17)25(32)19-7-5-12-28-24(19)27-11-3-2-8-23-30-21(16-33-23)18-6-4-10-26-14-18/h4-7,10,12,14,16H,2-3,8-9,11,13,15H2,1H3,(H,27,28). The zero-order valence-corrected chi connectivity index (χ0v) is 20.7. The number of nitrogens with zero attached hydrogens (tertiary/aromatic N) is 5. The van der Waals surface area contributed by atoms with Crippen molar-refractivity contribution in [1.82, 2.24) is 24.8 Å². The Morgan fingerprint density at radius 3 is 2.97 bits per heavy atom. The second-order valence-corrected chi connectivity index (χ2v) is 10.5. The minimum absolute atomic E-state index is 0.0259. The van der Waals surface area contributed by atoms with Crippen molar-refractivity contribution >= 4 is 34.4 Å². The SMILES string of the molecule is Cc1nc2c(s1)CN(C(=O)c1cccnc1NCCCCc1nc(-c3cccnc3)cs1)CC2. The number of carbonyl (C=O) groups excluding carboxylic acids is 1. The third kappa shape index (κ3) is 5.15. The highest BCUT2D eigenvalue weighted by Gasteiger charge is 2.26. The lowest BCUT2D eigenvalue weighted by Crippen LogP contribution is -2.36. The number of aromatic nitrogens is 4. The largest absolute Gasteiger partial charge is 0.369 e. The van der Waals surface area contributed by atoms with Gasteiger partial charge in [-0.1, -0.05) is 0 Å². The highest BCUT2D eigenvalue weighted by Crippen LogP contribution is 2.27. The minimum Gasteiger partial charge on any atom is -0.369 e. The Kier molecular flexibility index (Phi) is 6.92. The fourth-order valence-electron chi connectivity index (χ4n) is 4.07. The van der Waals surface area contributed by atoms with Crippen LogP contribution in [0.15, 0.2) is 48.2 Å². The minimum atomic E-state index is 0.0259. The number of pyridine rings is 2. The van der Waals surface area contributed by atoms with Crippen LogP contribution in [0.2, 0.25) is 0 Å². The average Bonchev–Trinajstić information content (AvgIpc) is 3.49. The molecule has 1 amide bonds. The first kappa shape index (κ1) is 22.6. The van der Waals surface area contributed by atoms with Gasteiger partial charge in [-0.05, 0) is 50.5 Å². The van der Waals surface area contributed by atoms with Gasteiger partial charge in [-0.3, -0.25) is 9.78 Å². The number of aryl methyl sites for hydroxylation is 2. The Morgan fingerprint density at radius 1 is 1.18 bits per heavy atom. The number of anilines is 1. The maximum absolute atomic E-state index is 13.2. The van der Waals surface area contributed by atoms with E-state index in [0.29, 0.717) is 24.5 Å². The molecule has 1 aliphatic heterocycles. The van der Waals surface area contributed by atoms with Gasteiger partial charge in [-0.25, -0.2) is 15.0 Å². The molecule has 34 heavy (non-hydrogen) atoms. The summed E-state index contributed by atoms with van der Waals surface area (Å²) >= 11 is 3.38. The van der Waals surface area contributed by atoms with Gasteiger partial charge >= 0.3 is 0 Å². The average molecular weight is 491 g/mol. The van der Waals surface area contributed by atoms with Crippen LogP contribution in [0.3, 0.4) is 0 Å². The summed E-state index contributed by atoms with van der Waals surface area (Å²) in [6, 6.07) is 7.65. The number of unbranched alkanes of at least 4 members (excludes halogenated alkanes) is 1. The second kappa shape index (κ2) is 10.4. The third-order valence-electron chi connectivity index (χ3n) is 5.78. The predicted octanol–water partition coefficient (Wildman–Crippen LogP) is 5.00. The van der Waals surface area contributed by atoms with Crippen LogP contribution in [0.5, 0.6) is 0 Å². The molecule has 4 aromatic rings. The normalized spacial score (nSPS) is 13.0. The molecule has 5 heterocycles. The van der Waals surface area contributed by atoms with E-state index in [1.165, 1.54) is 4.88 Å². The van der Waals surface area contributed by atoms with E-state index in [1.807, 2.05) is 42.3 Å². The summed E-state index contributed by atoms with van der Waals surface area (Å²) in [6.07, 6.45) is 9.08. The first-order valence-corrected chi connectivity index (χ1v) is 13.1. The summed E-state index contributed by atoms with van der Waals surface area (Å²) in [5.41, 5.74) is 3.81. The summed E-state index contributed by atoms with van der Waals surface area (Å²) in [6.45, 7) is 4.10. The quantitative estimate of drug-likeness (QED) is 0.350. The molecular formula is C25H26N6OS2. The van der Waals surface area contributed by atoms with Gasteiger partial charge in [0.05, 0.1) is 33.5 Å². The molecule has 0 aliphatic carbocycles. The van der Waals surface area contributed by atoms with Crippen LogP contribution in [0.25, 0.3) is 11.3 Å². The van der Waals surface area contributed by atoms with Crippen LogP contribution in [-0.4, -0.2) is 43.8 Å². The molecule has 0 aromatic carbocycles. The van der Waals surface area contributed by atoms with E-state index in [1.54, 1.807) is 35.1 Å². The lowest BCUT2D eigenvalue weighted by atomic mass is 10.1. The molecule has 0 saturated heterocycles. The van der Waals surface area contributed by atoms with Gasteiger partial charge in [-0.15, -0.1) is 22.7 Å². The zero-order valence-electron chi connectivity index (χ0n) is 19.0. The van der Waals surface area contributed by atoms with Crippen LogP contribution in [0.1, 0.15) is 43.8 Å². The van der Waals surface area contributed by atoms with Crippen LogP contribution in [0, 0.1) is 6.92 Å². The fraction of sp³-hybridized carbons (Fsp3) is 0.320. The Morgan fingerprint density at radius 2 is 2.09 bits per heavy atom. The number of carbonyl (C=O) groups is 1. The summed E-state index contributed by atoms with van der Waals surface area (Å²) < 4.78 is 0. The van der Waals surface area contributed by atoms with Crippen molar-refractivity contribution in [3.63, 3.8) is 0 Å². The van der Waals surface area contributed by atoms with Crippen molar-refractivity contribution in [2.45, 2.75) is 39.2 Å². The van der Waals surface area contributed by atoms with E-state index in [-0.39, 0.29) is 5.91 Å². The number of hydrogen-bond donors (Lipinski definition) is 1. The zero-order chi connectivity index (χ0) is 23.3. The molecule has 0 saturated carbocycles. The van der Waals surface area contributed by atoms with Gasteiger partial charge in [0.25, 0.3) is 5.91 Å². The smallest absolute Gasteiger partial charge is 0.257 e. The van der Waals surface area contributed by atoms with Crippen molar-refractivity contribution in [3.05, 3.63) is 74.4 Å². The van der Waals surface area contributed by atoms with Crippen LogP contribution in [0.4, 0.5) is 5.82 Å². The van der Waals surface area contributed by atoms with E-state index in [2.05, 4.69) is 25.6 Å². The molecular weight excluding hydrogens is 464 g/mol. The molecule has 0 spiro atoms.